The molecule has 0 saturated carbocycles. The third-order valence-electron chi connectivity index (χ3n) is 10.6. The lowest BCUT2D eigenvalue weighted by atomic mass is 9.65. The van der Waals surface area contributed by atoms with Crippen LogP contribution in [0.25, 0.3) is 21.9 Å². The van der Waals surface area contributed by atoms with E-state index in [4.69, 9.17) is 14.7 Å². The average molecular weight is 646 g/mol. The molecule has 3 aliphatic heterocycles. The van der Waals surface area contributed by atoms with Crippen LogP contribution in [0.2, 0.25) is 0 Å². The molecule has 3 unspecified atom stereocenters. The lowest BCUT2D eigenvalue weighted by Crippen LogP contribution is -2.33. The number of rotatable bonds is 2. The third-order valence-corrected chi connectivity index (χ3v) is 11.9. The molecule has 4 nitrogen and oxygen atoms in total. The zero-order valence-electron chi connectivity index (χ0n) is 26.2. The number of amidine groups is 1. The number of aromatic nitrogens is 1. The van der Waals surface area contributed by atoms with Crippen LogP contribution in [-0.2, 0) is 5.41 Å². The number of hydrogen-bond donors (Lipinski definition) is 0. The van der Waals surface area contributed by atoms with Crippen molar-refractivity contribution < 1.29 is 4.74 Å². The van der Waals surface area contributed by atoms with Gasteiger partial charge in [-0.1, -0.05) is 103 Å². The number of benzene rings is 6. The quantitative estimate of drug-likeness (QED) is 0.188. The SMILES string of the molecule is c1cncc(C2=NC(c3ccc4c(c3)C3(c5ccccc5O4)c4ccccc4-c4c3ccc3ccccc43)C3Sc4ccccc4C3=N2)c1. The van der Waals surface area contributed by atoms with Gasteiger partial charge in [-0.2, -0.15) is 0 Å². The van der Waals surface area contributed by atoms with Gasteiger partial charge in [0.25, 0.3) is 0 Å². The Morgan fingerprint density at radius 3 is 2.35 bits per heavy atom. The van der Waals surface area contributed by atoms with E-state index in [0.717, 1.165) is 45.3 Å². The Morgan fingerprint density at radius 1 is 0.633 bits per heavy atom. The van der Waals surface area contributed by atoms with E-state index < -0.39 is 5.41 Å². The van der Waals surface area contributed by atoms with Crippen molar-refractivity contribution in [1.29, 1.82) is 0 Å². The molecule has 1 aliphatic carbocycles. The Hall–Kier alpha value is -5.78. The number of thioether (sulfide) groups is 1. The molecule has 0 bridgehead atoms. The summed E-state index contributed by atoms with van der Waals surface area (Å²) in [6.07, 6.45) is 3.65. The lowest BCUT2D eigenvalue weighted by Gasteiger charge is -2.40. The Morgan fingerprint density at radius 2 is 1.43 bits per heavy atom. The van der Waals surface area contributed by atoms with Crippen molar-refractivity contribution in [2.45, 2.75) is 21.6 Å². The molecule has 6 aromatic carbocycles. The van der Waals surface area contributed by atoms with Gasteiger partial charge >= 0.3 is 0 Å². The van der Waals surface area contributed by atoms with Crippen LogP contribution in [0, 0.1) is 0 Å². The molecular weight excluding hydrogens is 619 g/mol. The molecule has 0 fully saturated rings. The fourth-order valence-electron chi connectivity index (χ4n) is 8.56. The first-order valence-electron chi connectivity index (χ1n) is 16.7. The summed E-state index contributed by atoms with van der Waals surface area (Å²) < 4.78 is 6.78. The topological polar surface area (TPSA) is 46.8 Å². The second-order valence-electron chi connectivity index (χ2n) is 13.0. The number of fused-ring (bicyclic) bond motifs is 14. The van der Waals surface area contributed by atoms with E-state index in [9.17, 15) is 0 Å². The van der Waals surface area contributed by atoms with Gasteiger partial charge in [0, 0.05) is 39.5 Å². The molecule has 1 aromatic heterocycles. The average Bonchev–Trinajstić information content (AvgIpc) is 3.69. The number of hydrogen-bond acceptors (Lipinski definition) is 5. The first-order chi connectivity index (χ1) is 24.3. The largest absolute Gasteiger partial charge is 0.457 e. The minimum absolute atomic E-state index is 0.0516. The monoisotopic (exact) mass is 645 g/mol. The summed E-state index contributed by atoms with van der Waals surface area (Å²) in [6.45, 7) is 0. The highest BCUT2D eigenvalue weighted by molar-refractivity contribution is 8.01. The molecule has 7 aromatic rings. The molecule has 4 heterocycles. The molecule has 0 amide bonds. The maximum Gasteiger partial charge on any atom is 0.157 e. The molecule has 49 heavy (non-hydrogen) atoms. The van der Waals surface area contributed by atoms with E-state index in [-0.39, 0.29) is 11.3 Å². The van der Waals surface area contributed by atoms with Gasteiger partial charge in [0.15, 0.2) is 5.84 Å². The predicted molar refractivity (Wildman–Crippen MR) is 197 cm³/mol. The van der Waals surface area contributed by atoms with Crippen molar-refractivity contribution in [3.05, 3.63) is 191 Å². The number of pyridine rings is 1. The van der Waals surface area contributed by atoms with E-state index >= 15 is 0 Å². The Kier molecular flexibility index (Phi) is 5.61. The molecular formula is C44H27N3OS. The van der Waals surface area contributed by atoms with Crippen molar-refractivity contribution in [3.8, 4) is 22.6 Å². The Balaban J connectivity index is 1.18. The highest BCUT2D eigenvalue weighted by atomic mass is 32.2. The second kappa shape index (κ2) is 10.1. The Bertz CT molecular complexity index is 2590. The highest BCUT2D eigenvalue weighted by Gasteiger charge is 2.52. The van der Waals surface area contributed by atoms with Crippen LogP contribution < -0.4 is 4.74 Å². The Labute approximate surface area is 287 Å². The molecule has 230 valence electrons. The third kappa shape index (κ3) is 3.68. The number of aliphatic imine (C=N–C) groups is 2. The summed E-state index contributed by atoms with van der Waals surface area (Å²) in [6, 6.07) is 50.1. The van der Waals surface area contributed by atoms with Crippen LogP contribution in [0.5, 0.6) is 11.5 Å². The zero-order chi connectivity index (χ0) is 32.1. The highest BCUT2D eigenvalue weighted by Crippen LogP contribution is 2.63. The minimum atomic E-state index is -0.566. The molecule has 0 saturated heterocycles. The molecule has 0 N–H and O–H groups in total. The first kappa shape index (κ1) is 27.2. The van der Waals surface area contributed by atoms with Crippen LogP contribution in [0.4, 0.5) is 0 Å². The van der Waals surface area contributed by atoms with Gasteiger partial charge in [0.1, 0.15) is 11.5 Å². The minimum Gasteiger partial charge on any atom is -0.457 e. The van der Waals surface area contributed by atoms with Crippen LogP contribution in [0.3, 0.4) is 0 Å². The normalized spacial score (nSPS) is 20.7. The first-order valence-corrected chi connectivity index (χ1v) is 17.5. The van der Waals surface area contributed by atoms with E-state index in [2.05, 4.69) is 132 Å². The van der Waals surface area contributed by atoms with Gasteiger partial charge in [-0.3, -0.25) is 9.98 Å². The summed E-state index contributed by atoms with van der Waals surface area (Å²) in [7, 11) is 0. The molecule has 1 spiro atoms. The molecule has 11 rings (SSSR count). The predicted octanol–water partition coefficient (Wildman–Crippen LogP) is 10.2. The van der Waals surface area contributed by atoms with Gasteiger partial charge in [-0.05, 0) is 75.0 Å². The standard InChI is InChI=1S/C44H27N3OS/c1-2-12-29-26(10-1)19-21-34-39(29)30-13-3-5-15-32(30)44(34)33-16-6-7-17-36(33)48-37-22-20-27(24-35(37)44)40-42-41(31-14-4-8-18-38(31)49-42)47-43(46-40)28-11-9-23-45-25-28/h1-25,40,42H. The van der Waals surface area contributed by atoms with E-state index in [0.29, 0.717) is 0 Å². The molecule has 0 radical (unpaired) electrons. The summed E-state index contributed by atoms with van der Waals surface area (Å²) in [4.78, 5) is 16.3. The van der Waals surface area contributed by atoms with Gasteiger partial charge in [0.05, 0.1) is 22.4 Å². The van der Waals surface area contributed by atoms with Crippen LogP contribution >= 0.6 is 11.8 Å². The van der Waals surface area contributed by atoms with Crippen molar-refractivity contribution in [2.24, 2.45) is 9.98 Å². The number of nitrogens with zero attached hydrogens (tertiary/aromatic N) is 3. The van der Waals surface area contributed by atoms with Crippen molar-refractivity contribution in [1.82, 2.24) is 4.98 Å². The zero-order valence-corrected chi connectivity index (χ0v) is 27.1. The fourth-order valence-corrected chi connectivity index (χ4v) is 9.93. The van der Waals surface area contributed by atoms with Crippen LogP contribution in [0.1, 0.15) is 45.0 Å². The fraction of sp³-hybridized carbons (Fsp3) is 0.0682. The second-order valence-corrected chi connectivity index (χ2v) is 14.2. The summed E-state index contributed by atoms with van der Waals surface area (Å²) in [5, 5.41) is 2.56. The maximum absolute atomic E-state index is 6.78. The number of ether oxygens (including phenoxy) is 1. The van der Waals surface area contributed by atoms with Gasteiger partial charge in [-0.15, -0.1) is 11.8 Å². The van der Waals surface area contributed by atoms with Gasteiger partial charge in [-0.25, -0.2) is 4.99 Å². The summed E-state index contributed by atoms with van der Waals surface area (Å²) >= 11 is 1.86. The van der Waals surface area contributed by atoms with Crippen molar-refractivity contribution in [3.63, 3.8) is 0 Å². The summed E-state index contributed by atoms with van der Waals surface area (Å²) in [5.41, 5.74) is 11.2. The van der Waals surface area contributed by atoms with Crippen LogP contribution in [0.15, 0.2) is 167 Å². The molecule has 3 atom stereocenters. The van der Waals surface area contributed by atoms with E-state index in [1.165, 1.54) is 43.5 Å². The summed E-state index contributed by atoms with van der Waals surface area (Å²) in [5.74, 6) is 2.49. The van der Waals surface area contributed by atoms with E-state index in [1.807, 2.05) is 30.1 Å². The number of para-hydroxylation sites is 1. The van der Waals surface area contributed by atoms with Gasteiger partial charge < -0.3 is 4.74 Å². The van der Waals surface area contributed by atoms with E-state index in [1.54, 1.807) is 6.20 Å². The van der Waals surface area contributed by atoms with Crippen LogP contribution in [-0.4, -0.2) is 21.8 Å². The smallest absolute Gasteiger partial charge is 0.157 e. The van der Waals surface area contributed by atoms with Gasteiger partial charge in [0.2, 0.25) is 0 Å². The maximum atomic E-state index is 6.78. The van der Waals surface area contributed by atoms with Crippen molar-refractivity contribution in [2.75, 3.05) is 0 Å². The molecule has 4 aliphatic rings. The molecule has 5 heteroatoms. The van der Waals surface area contributed by atoms with Crippen molar-refractivity contribution >= 4 is 34.1 Å². The lowest BCUT2D eigenvalue weighted by molar-refractivity contribution is 0.435.